The second-order valence-electron chi connectivity index (χ2n) is 6.12. The highest BCUT2D eigenvalue weighted by Gasteiger charge is 2.12. The topological polar surface area (TPSA) is 34.1 Å². The Morgan fingerprint density at radius 1 is 1.19 bits per heavy atom. The Kier molecular flexibility index (Phi) is 4.86. The lowest BCUT2D eigenvalue weighted by Gasteiger charge is -2.21. The van der Waals surface area contributed by atoms with E-state index in [1.165, 1.54) is 0 Å². The number of nitrogens with zero attached hydrogens (tertiary/aromatic N) is 1. The van der Waals surface area contributed by atoms with Gasteiger partial charge in [0.2, 0.25) is 0 Å². The van der Waals surface area contributed by atoms with E-state index in [9.17, 15) is 0 Å². The molecular weight excluding hydrogens is 284 g/mol. The fourth-order valence-electron chi connectivity index (χ4n) is 1.81. The highest BCUT2D eigenvalue weighted by Crippen LogP contribution is 2.31. The molecule has 1 N–H and O–H groups in total. The van der Waals surface area contributed by atoms with E-state index in [1.807, 2.05) is 37.4 Å². The van der Waals surface area contributed by atoms with E-state index in [0.29, 0.717) is 17.3 Å². The maximum atomic E-state index is 6.23. The number of hydrogen-bond acceptors (Lipinski definition) is 3. The summed E-state index contributed by atoms with van der Waals surface area (Å²) in [6.07, 6.45) is 3.54. The van der Waals surface area contributed by atoms with Crippen molar-refractivity contribution in [1.82, 2.24) is 10.3 Å². The summed E-state index contributed by atoms with van der Waals surface area (Å²) >= 11 is 6.23. The van der Waals surface area contributed by atoms with Crippen molar-refractivity contribution in [1.29, 1.82) is 0 Å². The molecule has 0 atom stereocenters. The zero-order valence-corrected chi connectivity index (χ0v) is 13.7. The number of hydrogen-bond donors (Lipinski definition) is 1. The molecule has 3 nitrogen and oxygen atoms in total. The molecule has 0 aliphatic rings. The van der Waals surface area contributed by atoms with Crippen molar-refractivity contribution in [2.24, 2.45) is 0 Å². The summed E-state index contributed by atoms with van der Waals surface area (Å²) in [7, 11) is 0. The van der Waals surface area contributed by atoms with Crippen molar-refractivity contribution in [3.8, 4) is 11.5 Å². The first kappa shape index (κ1) is 15.8. The van der Waals surface area contributed by atoms with Crippen molar-refractivity contribution in [2.75, 3.05) is 0 Å². The van der Waals surface area contributed by atoms with Crippen LogP contribution in [-0.4, -0.2) is 10.5 Å². The van der Waals surface area contributed by atoms with Crippen molar-refractivity contribution in [2.45, 2.75) is 39.8 Å². The number of rotatable bonds is 4. The summed E-state index contributed by atoms with van der Waals surface area (Å²) in [5.41, 5.74) is 2.15. The van der Waals surface area contributed by atoms with Crippen LogP contribution in [-0.2, 0) is 6.54 Å². The number of benzene rings is 1. The molecule has 1 aromatic carbocycles. The van der Waals surface area contributed by atoms with E-state index < -0.39 is 0 Å². The van der Waals surface area contributed by atoms with Crippen LogP contribution in [0.15, 0.2) is 36.7 Å². The molecule has 4 heteroatoms. The van der Waals surface area contributed by atoms with Gasteiger partial charge in [-0.15, -0.1) is 0 Å². The van der Waals surface area contributed by atoms with Gasteiger partial charge in [0, 0.05) is 30.0 Å². The van der Waals surface area contributed by atoms with Gasteiger partial charge in [-0.1, -0.05) is 17.7 Å². The molecule has 0 spiro atoms. The minimum Gasteiger partial charge on any atom is -0.455 e. The van der Waals surface area contributed by atoms with Crippen molar-refractivity contribution in [3.63, 3.8) is 0 Å². The van der Waals surface area contributed by atoms with Gasteiger partial charge in [-0.05, 0) is 51.5 Å². The highest BCUT2D eigenvalue weighted by molar-refractivity contribution is 6.32. The predicted octanol–water partition coefficient (Wildman–Crippen LogP) is 4.72. The molecule has 0 aliphatic carbocycles. The van der Waals surface area contributed by atoms with Crippen LogP contribution < -0.4 is 10.1 Å². The van der Waals surface area contributed by atoms with E-state index >= 15 is 0 Å². The molecule has 112 valence electrons. The van der Waals surface area contributed by atoms with E-state index in [0.717, 1.165) is 16.9 Å². The smallest absolute Gasteiger partial charge is 0.146 e. The van der Waals surface area contributed by atoms with Crippen LogP contribution in [0, 0.1) is 6.92 Å². The van der Waals surface area contributed by atoms with Gasteiger partial charge in [-0.25, -0.2) is 0 Å². The van der Waals surface area contributed by atoms with Crippen LogP contribution in [0.25, 0.3) is 0 Å². The van der Waals surface area contributed by atoms with E-state index in [1.54, 1.807) is 6.20 Å². The Labute approximate surface area is 131 Å². The van der Waals surface area contributed by atoms with Gasteiger partial charge in [0.05, 0.1) is 5.02 Å². The summed E-state index contributed by atoms with van der Waals surface area (Å²) in [5, 5.41) is 4.05. The summed E-state index contributed by atoms with van der Waals surface area (Å²) in [5.74, 6) is 1.43. The van der Waals surface area contributed by atoms with Crippen LogP contribution in [0.1, 0.15) is 31.9 Å². The first-order chi connectivity index (χ1) is 9.85. The van der Waals surface area contributed by atoms with Crippen LogP contribution >= 0.6 is 11.6 Å². The average Bonchev–Trinajstić information content (AvgIpc) is 2.40. The lowest BCUT2D eigenvalue weighted by Crippen LogP contribution is -2.35. The first-order valence-electron chi connectivity index (χ1n) is 6.97. The lowest BCUT2D eigenvalue weighted by molar-refractivity contribution is 0.413. The molecule has 0 amide bonds. The van der Waals surface area contributed by atoms with E-state index in [-0.39, 0.29) is 5.54 Å². The Bertz CT molecular complexity index is 620. The Morgan fingerprint density at radius 2 is 1.95 bits per heavy atom. The van der Waals surface area contributed by atoms with Crippen LogP contribution in [0.4, 0.5) is 0 Å². The van der Waals surface area contributed by atoms with Crippen LogP contribution in [0.2, 0.25) is 5.02 Å². The molecule has 0 saturated heterocycles. The van der Waals surface area contributed by atoms with Crippen molar-refractivity contribution < 1.29 is 4.74 Å². The zero-order chi connectivity index (χ0) is 15.5. The third-order valence-electron chi connectivity index (χ3n) is 2.98. The van der Waals surface area contributed by atoms with Gasteiger partial charge in [0.25, 0.3) is 0 Å². The van der Waals surface area contributed by atoms with Crippen molar-refractivity contribution >= 4 is 11.6 Å². The number of aromatic nitrogens is 1. The summed E-state index contributed by atoms with van der Waals surface area (Å²) < 4.78 is 5.95. The van der Waals surface area contributed by atoms with Crippen molar-refractivity contribution in [3.05, 3.63) is 52.8 Å². The third-order valence-corrected chi connectivity index (χ3v) is 3.27. The van der Waals surface area contributed by atoms with Gasteiger partial charge in [0.1, 0.15) is 11.5 Å². The molecule has 21 heavy (non-hydrogen) atoms. The SMILES string of the molecule is Cc1ccc(Oc2ccncc2CNC(C)(C)C)c(Cl)c1. The van der Waals surface area contributed by atoms with Gasteiger partial charge in [-0.3, -0.25) is 4.98 Å². The molecule has 0 fully saturated rings. The predicted molar refractivity (Wildman–Crippen MR) is 87.1 cm³/mol. The molecule has 2 rings (SSSR count). The molecule has 1 heterocycles. The lowest BCUT2D eigenvalue weighted by atomic mass is 10.1. The molecule has 2 aromatic rings. The minimum atomic E-state index is 0.0363. The molecule has 1 aromatic heterocycles. The second kappa shape index (κ2) is 6.46. The fraction of sp³-hybridized carbons (Fsp3) is 0.353. The molecule has 0 unspecified atom stereocenters. The third kappa shape index (κ3) is 4.73. The molecule has 0 radical (unpaired) electrons. The monoisotopic (exact) mass is 304 g/mol. The van der Waals surface area contributed by atoms with Gasteiger partial charge in [-0.2, -0.15) is 0 Å². The van der Waals surface area contributed by atoms with E-state index in [2.05, 4.69) is 31.1 Å². The number of ether oxygens (including phenoxy) is 1. The molecule has 0 bridgehead atoms. The Morgan fingerprint density at radius 3 is 2.62 bits per heavy atom. The maximum Gasteiger partial charge on any atom is 0.146 e. The summed E-state index contributed by atoms with van der Waals surface area (Å²) in [4.78, 5) is 4.17. The molecule has 0 saturated carbocycles. The normalized spacial score (nSPS) is 11.5. The average molecular weight is 305 g/mol. The van der Waals surface area contributed by atoms with Gasteiger partial charge < -0.3 is 10.1 Å². The molecular formula is C17H21ClN2O. The standard InChI is InChI=1S/C17H21ClN2O/c1-12-5-6-16(14(18)9-12)21-15-7-8-19-10-13(15)11-20-17(2,3)4/h5-10,20H,11H2,1-4H3. The Hall–Kier alpha value is -1.58. The maximum absolute atomic E-state index is 6.23. The number of aryl methyl sites for hydroxylation is 1. The number of halogens is 1. The summed E-state index contributed by atoms with van der Waals surface area (Å²) in [6, 6.07) is 7.62. The molecule has 0 aliphatic heterocycles. The minimum absolute atomic E-state index is 0.0363. The zero-order valence-electron chi connectivity index (χ0n) is 12.9. The second-order valence-corrected chi connectivity index (χ2v) is 6.53. The first-order valence-corrected chi connectivity index (χ1v) is 7.35. The number of nitrogens with one attached hydrogen (secondary N) is 1. The Balaban J connectivity index is 2.20. The summed E-state index contributed by atoms with van der Waals surface area (Å²) in [6.45, 7) is 9.07. The number of pyridine rings is 1. The fourth-order valence-corrected chi connectivity index (χ4v) is 2.09. The van der Waals surface area contributed by atoms with E-state index in [4.69, 9.17) is 16.3 Å². The van der Waals surface area contributed by atoms with Gasteiger partial charge in [0.15, 0.2) is 0 Å². The quantitative estimate of drug-likeness (QED) is 0.887. The highest BCUT2D eigenvalue weighted by atomic mass is 35.5. The van der Waals surface area contributed by atoms with Crippen LogP contribution in [0.3, 0.4) is 0 Å². The largest absolute Gasteiger partial charge is 0.455 e. The van der Waals surface area contributed by atoms with Crippen LogP contribution in [0.5, 0.6) is 11.5 Å². The van der Waals surface area contributed by atoms with Gasteiger partial charge >= 0.3 is 0 Å².